The number of carbonyl (C=O) groups is 1. The first kappa shape index (κ1) is 23.5. The second kappa shape index (κ2) is 12.1. The lowest BCUT2D eigenvalue weighted by Crippen LogP contribution is -2.41. The lowest BCUT2D eigenvalue weighted by atomic mass is 9.74. The Morgan fingerprint density at radius 1 is 1.14 bits per heavy atom. The number of benzene rings is 1. The van der Waals surface area contributed by atoms with Gasteiger partial charge in [-0.2, -0.15) is 0 Å². The molecule has 0 spiro atoms. The van der Waals surface area contributed by atoms with Crippen LogP contribution in [0, 0.1) is 0 Å². The average Bonchev–Trinajstić information content (AvgIpc) is 2.72. The molecule has 0 radical (unpaired) electrons. The topological polar surface area (TPSA) is 59.0 Å². The third-order valence-corrected chi connectivity index (χ3v) is 6.16. The third-order valence-electron chi connectivity index (χ3n) is 6.16. The predicted octanol–water partition coefficient (Wildman–Crippen LogP) is 5.26. The Labute approximate surface area is 176 Å². The lowest BCUT2D eigenvalue weighted by Gasteiger charge is -2.40. The van der Waals surface area contributed by atoms with E-state index in [1.165, 1.54) is 31.2 Å². The van der Waals surface area contributed by atoms with Crippen LogP contribution in [0.25, 0.3) is 0 Å². The van der Waals surface area contributed by atoms with Gasteiger partial charge in [0.15, 0.2) is 0 Å². The van der Waals surface area contributed by atoms with Crippen LogP contribution in [0.3, 0.4) is 0 Å². The van der Waals surface area contributed by atoms with Crippen LogP contribution in [-0.2, 0) is 10.2 Å². The maximum Gasteiger partial charge on any atom is 0.303 e. The molecule has 0 amide bonds. The fraction of sp³-hybridized carbons (Fsp3) is 0.708. The van der Waals surface area contributed by atoms with Crippen LogP contribution in [0.5, 0.6) is 11.5 Å². The summed E-state index contributed by atoms with van der Waals surface area (Å²) in [7, 11) is 1.73. The minimum Gasteiger partial charge on any atom is -0.496 e. The highest BCUT2D eigenvalue weighted by molar-refractivity contribution is 5.66. The smallest absolute Gasteiger partial charge is 0.303 e. The van der Waals surface area contributed by atoms with E-state index in [0.717, 1.165) is 63.4 Å². The van der Waals surface area contributed by atoms with Crippen LogP contribution in [0.15, 0.2) is 18.2 Å². The number of ether oxygens (including phenoxy) is 2. The zero-order valence-corrected chi connectivity index (χ0v) is 18.5. The molecule has 2 rings (SSSR count). The van der Waals surface area contributed by atoms with Gasteiger partial charge in [0.2, 0.25) is 0 Å². The van der Waals surface area contributed by atoms with E-state index >= 15 is 0 Å². The van der Waals surface area contributed by atoms with Crippen molar-refractivity contribution in [1.29, 1.82) is 0 Å². The summed E-state index contributed by atoms with van der Waals surface area (Å²) in [6.07, 6.45) is 9.23. The van der Waals surface area contributed by atoms with Gasteiger partial charge in [-0.05, 0) is 68.9 Å². The molecule has 1 heterocycles. The largest absolute Gasteiger partial charge is 0.496 e. The zero-order valence-electron chi connectivity index (χ0n) is 18.5. The Morgan fingerprint density at radius 3 is 2.52 bits per heavy atom. The van der Waals surface area contributed by atoms with E-state index in [1.807, 2.05) is 12.1 Å². The number of aliphatic carboxylic acids is 1. The van der Waals surface area contributed by atoms with Gasteiger partial charge in [0, 0.05) is 12.0 Å². The van der Waals surface area contributed by atoms with Crippen LogP contribution in [-0.4, -0.2) is 49.3 Å². The van der Waals surface area contributed by atoms with E-state index in [9.17, 15) is 4.79 Å². The first-order chi connectivity index (χ1) is 14.0. The summed E-state index contributed by atoms with van der Waals surface area (Å²) in [5, 5.41) is 8.83. The van der Waals surface area contributed by atoms with Crippen molar-refractivity contribution in [2.24, 2.45) is 0 Å². The Bertz CT molecular complexity index is 623. The molecule has 0 unspecified atom stereocenters. The third kappa shape index (κ3) is 7.54. The molecule has 0 atom stereocenters. The van der Waals surface area contributed by atoms with E-state index in [1.54, 1.807) is 7.11 Å². The maximum absolute atomic E-state index is 10.7. The number of methoxy groups -OCH3 is 1. The van der Waals surface area contributed by atoms with Crippen molar-refractivity contribution in [3.05, 3.63) is 23.8 Å². The number of likely N-dealkylation sites (tertiary alicyclic amines) is 1. The molecule has 1 aliphatic heterocycles. The van der Waals surface area contributed by atoms with Crippen molar-refractivity contribution < 1.29 is 19.4 Å². The predicted molar refractivity (Wildman–Crippen MR) is 117 cm³/mol. The number of unbranched alkanes of at least 4 members (excludes halogenated alkanes) is 4. The summed E-state index contributed by atoms with van der Waals surface area (Å²) < 4.78 is 11.7. The summed E-state index contributed by atoms with van der Waals surface area (Å²) in [5.41, 5.74) is 1.28. The molecular formula is C24H39NO4. The van der Waals surface area contributed by atoms with Crippen molar-refractivity contribution in [1.82, 2.24) is 4.90 Å². The van der Waals surface area contributed by atoms with E-state index in [2.05, 4.69) is 24.8 Å². The van der Waals surface area contributed by atoms with Gasteiger partial charge in [0.05, 0.1) is 13.7 Å². The molecule has 164 valence electrons. The van der Waals surface area contributed by atoms with E-state index in [0.29, 0.717) is 0 Å². The molecule has 5 heteroatoms. The van der Waals surface area contributed by atoms with Crippen LogP contribution >= 0.6 is 0 Å². The molecule has 0 aromatic heterocycles. The summed E-state index contributed by atoms with van der Waals surface area (Å²) in [4.78, 5) is 13.1. The summed E-state index contributed by atoms with van der Waals surface area (Å²) in [6.45, 7) is 8.15. The molecule has 1 fully saturated rings. The van der Waals surface area contributed by atoms with Gasteiger partial charge < -0.3 is 19.5 Å². The van der Waals surface area contributed by atoms with Gasteiger partial charge in [-0.1, -0.05) is 39.5 Å². The molecule has 0 saturated carbocycles. The van der Waals surface area contributed by atoms with Gasteiger partial charge in [-0.15, -0.1) is 0 Å². The molecule has 1 saturated heterocycles. The summed E-state index contributed by atoms with van der Waals surface area (Å²) in [5.74, 6) is 1.15. The minimum absolute atomic E-state index is 0.0507. The molecule has 0 aliphatic carbocycles. The number of carboxylic acids is 1. The Morgan fingerprint density at radius 2 is 1.86 bits per heavy atom. The fourth-order valence-corrected chi connectivity index (χ4v) is 4.14. The maximum atomic E-state index is 10.7. The van der Waals surface area contributed by atoms with Crippen LogP contribution in [0.2, 0.25) is 0 Å². The molecule has 1 aromatic carbocycles. The number of carboxylic acid groups (broad SMARTS) is 1. The highest BCUT2D eigenvalue weighted by Crippen LogP contribution is 2.41. The van der Waals surface area contributed by atoms with Crippen LogP contribution < -0.4 is 9.47 Å². The Hall–Kier alpha value is -1.75. The quantitative estimate of drug-likeness (QED) is 0.454. The summed E-state index contributed by atoms with van der Waals surface area (Å²) >= 11 is 0. The SMILES string of the molecule is CCCCCCCOc1ccc(OC)c(C2(C)CCN(CCCC(=O)O)CC2)c1. The molecular weight excluding hydrogens is 366 g/mol. The van der Waals surface area contributed by atoms with Crippen molar-refractivity contribution >= 4 is 5.97 Å². The molecule has 1 N–H and O–H groups in total. The number of hydrogen-bond donors (Lipinski definition) is 1. The van der Waals surface area contributed by atoms with Gasteiger partial charge >= 0.3 is 5.97 Å². The second-order valence-corrected chi connectivity index (χ2v) is 8.52. The average molecular weight is 406 g/mol. The van der Waals surface area contributed by atoms with Crippen molar-refractivity contribution in [3.63, 3.8) is 0 Å². The number of hydrogen-bond acceptors (Lipinski definition) is 4. The molecule has 1 aliphatic rings. The number of rotatable bonds is 13. The second-order valence-electron chi connectivity index (χ2n) is 8.52. The van der Waals surface area contributed by atoms with Crippen molar-refractivity contribution in [3.8, 4) is 11.5 Å². The molecule has 5 nitrogen and oxygen atoms in total. The lowest BCUT2D eigenvalue weighted by molar-refractivity contribution is -0.137. The number of piperidine rings is 1. The first-order valence-electron chi connectivity index (χ1n) is 11.2. The molecule has 1 aromatic rings. The highest BCUT2D eigenvalue weighted by Gasteiger charge is 2.34. The monoisotopic (exact) mass is 405 g/mol. The highest BCUT2D eigenvalue weighted by atomic mass is 16.5. The van der Waals surface area contributed by atoms with Crippen LogP contribution in [0.4, 0.5) is 0 Å². The first-order valence-corrected chi connectivity index (χ1v) is 11.2. The van der Waals surface area contributed by atoms with Gasteiger partial charge in [0.1, 0.15) is 11.5 Å². The molecule has 29 heavy (non-hydrogen) atoms. The molecule has 0 bridgehead atoms. The van der Waals surface area contributed by atoms with Gasteiger partial charge in [0.25, 0.3) is 0 Å². The van der Waals surface area contributed by atoms with Crippen molar-refractivity contribution in [2.75, 3.05) is 33.4 Å². The van der Waals surface area contributed by atoms with Gasteiger partial charge in [-0.3, -0.25) is 4.79 Å². The zero-order chi connectivity index (χ0) is 21.1. The van der Waals surface area contributed by atoms with Crippen LogP contribution in [0.1, 0.15) is 77.2 Å². The van der Waals surface area contributed by atoms with E-state index in [4.69, 9.17) is 14.6 Å². The van der Waals surface area contributed by atoms with Gasteiger partial charge in [-0.25, -0.2) is 0 Å². The fourth-order valence-electron chi connectivity index (χ4n) is 4.14. The van der Waals surface area contributed by atoms with Crippen molar-refractivity contribution in [2.45, 2.75) is 77.0 Å². The Balaban J connectivity index is 1.92. The standard InChI is InChI=1S/C24H39NO4/c1-4-5-6-7-8-18-29-20-11-12-22(28-3)21(19-20)24(2)13-16-25(17-14-24)15-9-10-23(26)27/h11-12,19H,4-10,13-18H2,1-3H3,(H,26,27). The van der Waals surface area contributed by atoms with E-state index in [-0.39, 0.29) is 11.8 Å². The summed E-state index contributed by atoms with van der Waals surface area (Å²) in [6, 6.07) is 6.22. The Kier molecular flexibility index (Phi) is 9.79. The number of nitrogens with zero attached hydrogens (tertiary/aromatic N) is 1. The normalized spacial score (nSPS) is 16.5. The van der Waals surface area contributed by atoms with E-state index < -0.39 is 5.97 Å². The minimum atomic E-state index is -0.709.